The molecule has 1 atom stereocenters. The van der Waals surface area contributed by atoms with Gasteiger partial charge in [0.2, 0.25) is 0 Å². The Morgan fingerprint density at radius 1 is 1.32 bits per heavy atom. The van der Waals surface area contributed by atoms with Gasteiger partial charge in [0.25, 0.3) is 0 Å². The van der Waals surface area contributed by atoms with Crippen LogP contribution in [-0.2, 0) is 6.54 Å². The van der Waals surface area contributed by atoms with E-state index in [9.17, 15) is 4.39 Å². The van der Waals surface area contributed by atoms with Gasteiger partial charge >= 0.3 is 0 Å². The molecule has 4 heteroatoms. The zero-order chi connectivity index (χ0) is 13.8. The normalized spacial score (nSPS) is 12.4. The van der Waals surface area contributed by atoms with Crippen LogP contribution in [0.25, 0.3) is 0 Å². The van der Waals surface area contributed by atoms with Crippen LogP contribution in [0.1, 0.15) is 31.2 Å². The Hall–Kier alpha value is -1.81. The van der Waals surface area contributed by atoms with Crippen molar-refractivity contribution >= 4 is 5.69 Å². The zero-order valence-corrected chi connectivity index (χ0v) is 11.3. The Labute approximate surface area is 112 Å². The van der Waals surface area contributed by atoms with Crippen LogP contribution >= 0.6 is 0 Å². The zero-order valence-electron chi connectivity index (χ0n) is 11.3. The summed E-state index contributed by atoms with van der Waals surface area (Å²) in [4.78, 5) is 2.06. The predicted octanol–water partition coefficient (Wildman–Crippen LogP) is 3.46. The van der Waals surface area contributed by atoms with E-state index < -0.39 is 0 Å². The van der Waals surface area contributed by atoms with Crippen molar-refractivity contribution in [2.24, 2.45) is 5.73 Å². The van der Waals surface area contributed by atoms with E-state index in [2.05, 4.69) is 4.90 Å². The molecule has 2 aromatic rings. The second kappa shape index (κ2) is 5.89. The second-order valence-corrected chi connectivity index (χ2v) is 4.55. The van der Waals surface area contributed by atoms with E-state index in [0.29, 0.717) is 12.1 Å². The molecule has 0 radical (unpaired) electrons. The average Bonchev–Trinajstić information content (AvgIpc) is 2.88. The summed E-state index contributed by atoms with van der Waals surface area (Å²) in [6, 6.07) is 8.47. The molecule has 0 aliphatic rings. The van der Waals surface area contributed by atoms with Crippen molar-refractivity contribution < 1.29 is 8.81 Å². The molecule has 1 unspecified atom stereocenters. The van der Waals surface area contributed by atoms with Gasteiger partial charge in [-0.2, -0.15) is 0 Å². The summed E-state index contributed by atoms with van der Waals surface area (Å²) >= 11 is 0. The third kappa shape index (κ3) is 2.96. The van der Waals surface area contributed by atoms with E-state index in [1.807, 2.05) is 25.1 Å². The number of nitrogens with two attached hydrogens (primary N) is 1. The molecule has 0 aliphatic carbocycles. The fourth-order valence-electron chi connectivity index (χ4n) is 2.21. The third-order valence-electron chi connectivity index (χ3n) is 3.13. The molecule has 0 bridgehead atoms. The lowest BCUT2D eigenvalue weighted by Crippen LogP contribution is -2.25. The highest BCUT2D eigenvalue weighted by Crippen LogP contribution is 2.28. The van der Waals surface area contributed by atoms with E-state index in [4.69, 9.17) is 10.2 Å². The van der Waals surface area contributed by atoms with Gasteiger partial charge in [0, 0.05) is 23.8 Å². The van der Waals surface area contributed by atoms with Gasteiger partial charge in [-0.05, 0) is 38.1 Å². The van der Waals surface area contributed by atoms with Gasteiger partial charge in [-0.1, -0.05) is 6.07 Å². The summed E-state index contributed by atoms with van der Waals surface area (Å²) in [7, 11) is 0. The number of nitrogens with zero attached hydrogens (tertiary/aromatic N) is 1. The molecule has 1 aromatic carbocycles. The summed E-state index contributed by atoms with van der Waals surface area (Å²) in [6.45, 7) is 5.18. The van der Waals surface area contributed by atoms with Gasteiger partial charge in [0.05, 0.1) is 12.8 Å². The van der Waals surface area contributed by atoms with Crippen LogP contribution in [0.4, 0.5) is 10.1 Å². The van der Waals surface area contributed by atoms with E-state index in [-0.39, 0.29) is 11.9 Å². The smallest absolute Gasteiger partial charge is 0.130 e. The molecule has 3 nitrogen and oxygen atoms in total. The molecule has 1 aromatic heterocycles. The topological polar surface area (TPSA) is 42.4 Å². The number of halogens is 1. The van der Waals surface area contributed by atoms with Crippen molar-refractivity contribution in [1.82, 2.24) is 0 Å². The highest BCUT2D eigenvalue weighted by Gasteiger charge is 2.17. The summed E-state index contributed by atoms with van der Waals surface area (Å²) in [5.41, 5.74) is 7.27. The van der Waals surface area contributed by atoms with E-state index in [0.717, 1.165) is 18.0 Å². The molecule has 0 spiro atoms. The molecule has 0 saturated carbocycles. The Kier molecular flexibility index (Phi) is 4.22. The average molecular weight is 262 g/mol. The first-order chi connectivity index (χ1) is 9.13. The minimum Gasteiger partial charge on any atom is -0.467 e. The monoisotopic (exact) mass is 262 g/mol. The van der Waals surface area contributed by atoms with Crippen molar-refractivity contribution in [3.05, 3.63) is 53.7 Å². The quantitative estimate of drug-likeness (QED) is 0.897. The Balaban J connectivity index is 2.35. The second-order valence-electron chi connectivity index (χ2n) is 4.55. The summed E-state index contributed by atoms with van der Waals surface area (Å²) in [6.07, 6.45) is 1.64. The van der Waals surface area contributed by atoms with Crippen LogP contribution in [0, 0.1) is 5.82 Å². The van der Waals surface area contributed by atoms with Crippen molar-refractivity contribution in [2.75, 3.05) is 11.4 Å². The Morgan fingerprint density at radius 3 is 2.68 bits per heavy atom. The molecule has 0 fully saturated rings. The first-order valence-electron chi connectivity index (χ1n) is 6.44. The van der Waals surface area contributed by atoms with Crippen molar-refractivity contribution in [3.63, 3.8) is 0 Å². The van der Waals surface area contributed by atoms with Gasteiger partial charge in [-0.15, -0.1) is 0 Å². The number of hydrogen-bond acceptors (Lipinski definition) is 3. The van der Waals surface area contributed by atoms with Crippen LogP contribution in [-0.4, -0.2) is 6.54 Å². The summed E-state index contributed by atoms with van der Waals surface area (Å²) in [5, 5.41) is 0. The number of benzene rings is 1. The van der Waals surface area contributed by atoms with Crippen LogP contribution < -0.4 is 10.6 Å². The molecular formula is C15H19FN2O. The fraction of sp³-hybridized carbons (Fsp3) is 0.333. The van der Waals surface area contributed by atoms with Crippen molar-refractivity contribution in [3.8, 4) is 0 Å². The predicted molar refractivity (Wildman–Crippen MR) is 74.4 cm³/mol. The maximum Gasteiger partial charge on any atom is 0.130 e. The molecule has 1 heterocycles. The van der Waals surface area contributed by atoms with Crippen LogP contribution in [0.3, 0.4) is 0 Å². The summed E-state index contributed by atoms with van der Waals surface area (Å²) < 4.78 is 19.3. The molecule has 0 saturated heterocycles. The minimum atomic E-state index is -0.346. The molecule has 2 N–H and O–H groups in total. The van der Waals surface area contributed by atoms with E-state index in [1.54, 1.807) is 19.3 Å². The van der Waals surface area contributed by atoms with E-state index in [1.165, 1.54) is 6.07 Å². The first-order valence-corrected chi connectivity index (χ1v) is 6.44. The highest BCUT2D eigenvalue weighted by atomic mass is 19.1. The standard InChI is InChI=1S/C15H19FN2O/c1-3-18(10-12-6-5-9-19-12)14-8-4-7-13(16)15(14)11(2)17/h4-9,11H,3,10,17H2,1-2H3. The molecule has 102 valence electrons. The third-order valence-corrected chi connectivity index (χ3v) is 3.13. The lowest BCUT2D eigenvalue weighted by molar-refractivity contribution is 0.502. The minimum absolute atomic E-state index is 0.259. The molecule has 19 heavy (non-hydrogen) atoms. The van der Waals surface area contributed by atoms with Gasteiger partial charge in [0.1, 0.15) is 11.6 Å². The molecule has 2 rings (SSSR count). The van der Waals surface area contributed by atoms with Gasteiger partial charge in [-0.25, -0.2) is 4.39 Å². The largest absolute Gasteiger partial charge is 0.467 e. The molecule has 0 aliphatic heterocycles. The maximum atomic E-state index is 13.9. The molecular weight excluding hydrogens is 243 g/mol. The van der Waals surface area contributed by atoms with Crippen molar-refractivity contribution in [1.29, 1.82) is 0 Å². The SMILES string of the molecule is CCN(Cc1ccco1)c1cccc(F)c1C(C)N. The van der Waals surface area contributed by atoms with Crippen LogP contribution in [0.15, 0.2) is 41.0 Å². The maximum absolute atomic E-state index is 13.9. The Bertz CT molecular complexity index is 523. The first kappa shape index (κ1) is 13.6. The van der Waals surface area contributed by atoms with Gasteiger partial charge in [0.15, 0.2) is 0 Å². The highest BCUT2D eigenvalue weighted by molar-refractivity contribution is 5.55. The lowest BCUT2D eigenvalue weighted by Gasteiger charge is -2.26. The van der Waals surface area contributed by atoms with Gasteiger partial charge < -0.3 is 15.1 Å². The van der Waals surface area contributed by atoms with Crippen LogP contribution in [0.5, 0.6) is 0 Å². The fourth-order valence-corrected chi connectivity index (χ4v) is 2.21. The summed E-state index contributed by atoms with van der Waals surface area (Å²) in [5.74, 6) is 0.590. The molecule has 0 amide bonds. The number of rotatable bonds is 5. The Morgan fingerprint density at radius 2 is 2.11 bits per heavy atom. The van der Waals surface area contributed by atoms with Crippen molar-refractivity contribution in [2.45, 2.75) is 26.4 Å². The van der Waals surface area contributed by atoms with E-state index >= 15 is 0 Å². The lowest BCUT2D eigenvalue weighted by atomic mass is 10.0. The number of furan rings is 1. The number of anilines is 1. The van der Waals surface area contributed by atoms with Gasteiger partial charge in [-0.3, -0.25) is 0 Å². The van der Waals surface area contributed by atoms with Crippen LogP contribution in [0.2, 0.25) is 0 Å². The number of hydrogen-bond donors (Lipinski definition) is 1.